The Bertz CT molecular complexity index is 1300. The molecule has 0 bridgehead atoms. The van der Waals surface area contributed by atoms with E-state index in [1.54, 1.807) is 12.1 Å². The monoisotopic (exact) mass is 532 g/mol. The van der Waals surface area contributed by atoms with Gasteiger partial charge in [-0.1, -0.05) is 54.9 Å². The molecule has 1 aliphatic carbocycles. The minimum Gasteiger partial charge on any atom is -0.495 e. The third kappa shape index (κ3) is 5.53. The molecule has 2 aromatic carbocycles. The fourth-order valence-corrected chi connectivity index (χ4v) is 5.78. The minimum absolute atomic E-state index is 0.0372. The zero-order valence-corrected chi connectivity index (χ0v) is 22.6. The highest BCUT2D eigenvalue weighted by Gasteiger charge is 2.39. The van der Waals surface area contributed by atoms with Gasteiger partial charge in [-0.05, 0) is 67.0 Å². The molecule has 3 atom stereocenters. The molecule has 0 saturated heterocycles. The van der Waals surface area contributed by atoms with Crippen molar-refractivity contribution in [2.75, 3.05) is 13.7 Å². The second-order valence-corrected chi connectivity index (χ2v) is 10.7. The van der Waals surface area contributed by atoms with Gasteiger partial charge in [-0.15, -0.1) is 0 Å². The zero-order valence-electron chi connectivity index (χ0n) is 21.8. The Morgan fingerprint density at radius 1 is 1.00 bits per heavy atom. The van der Waals surface area contributed by atoms with Gasteiger partial charge in [-0.3, -0.25) is 9.59 Å². The van der Waals surface area contributed by atoms with Gasteiger partial charge in [-0.2, -0.15) is 10.2 Å². The number of hydrogen-bond acceptors (Lipinski definition) is 5. The van der Waals surface area contributed by atoms with Crippen LogP contribution in [0.15, 0.2) is 64.8 Å². The summed E-state index contributed by atoms with van der Waals surface area (Å²) in [4.78, 5) is 24.8. The molecule has 1 N–H and O–H groups in total. The number of fused-ring (bicyclic) bond motifs is 1. The third-order valence-corrected chi connectivity index (χ3v) is 7.92. The van der Waals surface area contributed by atoms with Crippen LogP contribution < -0.4 is 10.2 Å². The summed E-state index contributed by atoms with van der Waals surface area (Å²) < 4.78 is 5.31. The lowest BCUT2D eigenvalue weighted by Gasteiger charge is -2.37. The van der Waals surface area contributed by atoms with Crippen LogP contribution in [0.5, 0.6) is 5.75 Å². The molecule has 2 aliphatic heterocycles. The average molecular weight is 533 g/mol. The van der Waals surface area contributed by atoms with E-state index in [-0.39, 0.29) is 29.6 Å². The number of aryl methyl sites for hydroxylation is 1. The van der Waals surface area contributed by atoms with Gasteiger partial charge in [-0.25, -0.2) is 10.4 Å². The molecule has 2 amide bonds. The van der Waals surface area contributed by atoms with Crippen molar-refractivity contribution in [3.05, 3.63) is 76.3 Å². The second kappa shape index (κ2) is 11.5. The van der Waals surface area contributed by atoms with Gasteiger partial charge in [0.15, 0.2) is 0 Å². The van der Waals surface area contributed by atoms with Gasteiger partial charge in [0, 0.05) is 24.8 Å². The molecule has 38 heavy (non-hydrogen) atoms. The molecule has 0 aromatic heterocycles. The highest BCUT2D eigenvalue weighted by molar-refractivity contribution is 6.32. The van der Waals surface area contributed by atoms with E-state index in [1.807, 2.05) is 25.1 Å². The van der Waals surface area contributed by atoms with Crippen molar-refractivity contribution in [2.24, 2.45) is 28.0 Å². The van der Waals surface area contributed by atoms with Crippen LogP contribution in [0.4, 0.5) is 0 Å². The summed E-state index contributed by atoms with van der Waals surface area (Å²) in [5, 5.41) is 11.3. The molecular formula is C30H33ClN4O3. The fraction of sp³-hybridized carbons (Fsp3) is 0.400. The maximum atomic E-state index is 13.3. The van der Waals surface area contributed by atoms with E-state index in [2.05, 4.69) is 46.9 Å². The molecule has 2 aromatic rings. The highest BCUT2D eigenvalue weighted by Crippen LogP contribution is 2.36. The van der Waals surface area contributed by atoms with E-state index in [0.29, 0.717) is 23.7 Å². The molecule has 0 radical (unpaired) electrons. The van der Waals surface area contributed by atoms with Crippen molar-refractivity contribution in [3.63, 3.8) is 0 Å². The largest absolute Gasteiger partial charge is 0.495 e. The van der Waals surface area contributed by atoms with Crippen LogP contribution in [-0.4, -0.2) is 41.9 Å². The highest BCUT2D eigenvalue weighted by atomic mass is 35.5. The third-order valence-electron chi connectivity index (χ3n) is 7.63. The number of methoxy groups -OCH3 is 1. The number of allylic oxidation sites excluding steroid dienone is 2. The molecule has 7 nitrogen and oxygen atoms in total. The number of carbonyl (C=O) groups is 2. The van der Waals surface area contributed by atoms with Gasteiger partial charge in [0.05, 0.1) is 29.5 Å². The first-order chi connectivity index (χ1) is 18.4. The normalized spacial score (nSPS) is 22.9. The lowest BCUT2D eigenvalue weighted by Crippen LogP contribution is -2.45. The Balaban J connectivity index is 1.23. The van der Waals surface area contributed by atoms with Crippen molar-refractivity contribution in [3.8, 4) is 5.75 Å². The Kier molecular flexibility index (Phi) is 7.93. The van der Waals surface area contributed by atoms with Crippen LogP contribution in [0.1, 0.15) is 55.7 Å². The lowest BCUT2D eigenvalue weighted by molar-refractivity contribution is -0.138. The van der Waals surface area contributed by atoms with Crippen LogP contribution >= 0.6 is 11.6 Å². The number of nitrogens with zero attached hydrogens (tertiary/aromatic N) is 3. The summed E-state index contributed by atoms with van der Waals surface area (Å²) in [6, 6.07) is 14.1. The summed E-state index contributed by atoms with van der Waals surface area (Å²) >= 11 is 6.42. The van der Waals surface area contributed by atoms with Crippen LogP contribution in [-0.2, 0) is 16.0 Å². The summed E-state index contributed by atoms with van der Waals surface area (Å²) in [7, 11) is 1.60. The van der Waals surface area contributed by atoms with E-state index in [1.165, 1.54) is 5.56 Å². The molecule has 2 heterocycles. The van der Waals surface area contributed by atoms with Crippen molar-refractivity contribution >= 4 is 34.8 Å². The summed E-state index contributed by atoms with van der Waals surface area (Å²) in [5.74, 6) is 0.787. The Morgan fingerprint density at radius 3 is 2.45 bits per heavy atom. The van der Waals surface area contributed by atoms with Crippen molar-refractivity contribution in [2.45, 2.75) is 45.4 Å². The number of hydrazone groups is 2. The number of rotatable bonds is 8. The van der Waals surface area contributed by atoms with Gasteiger partial charge >= 0.3 is 0 Å². The molecule has 3 aliphatic rings. The standard InChI is InChI=1S/C30H33ClN4O3/c1-19-17-27(36)32-33-28(19)21-12-10-20(11-13-21)7-5-6-16-35-30(37)24-9-4-3-8-23(24)29(34-35)22-14-15-26(38-2)25(31)18-22/h3-4,10-15,18-19,23-24H,5-9,16-17H2,1-2H3,(H,32,36). The van der Waals surface area contributed by atoms with Gasteiger partial charge in [0.1, 0.15) is 5.75 Å². The quantitative estimate of drug-likeness (QED) is 0.367. The number of unbranched alkanes of at least 4 members (excludes halogenated alkanes) is 1. The first kappa shape index (κ1) is 26.2. The number of amides is 2. The van der Waals surface area contributed by atoms with Crippen LogP contribution in [0.2, 0.25) is 5.02 Å². The van der Waals surface area contributed by atoms with Crippen LogP contribution in [0.25, 0.3) is 0 Å². The number of hydrogen-bond donors (Lipinski definition) is 1. The number of benzene rings is 2. The molecule has 8 heteroatoms. The van der Waals surface area contributed by atoms with Gasteiger partial charge in [0.2, 0.25) is 11.8 Å². The van der Waals surface area contributed by atoms with Crippen molar-refractivity contribution in [1.29, 1.82) is 0 Å². The molecule has 198 valence electrons. The van der Waals surface area contributed by atoms with E-state index in [0.717, 1.165) is 54.7 Å². The number of nitrogens with one attached hydrogen (secondary N) is 1. The molecule has 0 fully saturated rings. The number of carbonyl (C=O) groups excluding carboxylic acids is 2. The van der Waals surface area contributed by atoms with E-state index in [4.69, 9.17) is 21.4 Å². The molecule has 0 saturated carbocycles. The minimum atomic E-state index is -0.0872. The first-order valence-electron chi connectivity index (χ1n) is 13.3. The Morgan fingerprint density at radius 2 is 1.74 bits per heavy atom. The lowest BCUT2D eigenvalue weighted by atomic mass is 9.76. The predicted molar refractivity (Wildman–Crippen MR) is 149 cm³/mol. The van der Waals surface area contributed by atoms with Crippen LogP contribution in [0.3, 0.4) is 0 Å². The van der Waals surface area contributed by atoms with Crippen LogP contribution in [0, 0.1) is 17.8 Å². The number of ether oxygens (including phenoxy) is 1. The maximum Gasteiger partial charge on any atom is 0.246 e. The Hall–Kier alpha value is -3.45. The van der Waals surface area contributed by atoms with E-state index in [9.17, 15) is 9.59 Å². The molecule has 0 spiro atoms. The van der Waals surface area contributed by atoms with Crippen molar-refractivity contribution < 1.29 is 14.3 Å². The summed E-state index contributed by atoms with van der Waals surface area (Å²) in [6.45, 7) is 2.61. The van der Waals surface area contributed by atoms with Gasteiger partial charge in [0.25, 0.3) is 0 Å². The SMILES string of the molecule is COc1ccc(C2=NN(CCCCc3ccc(C4=NNC(=O)CC4C)cc3)C(=O)C3CC=CCC23)cc1Cl. The van der Waals surface area contributed by atoms with Gasteiger partial charge < -0.3 is 4.74 Å². The van der Waals surface area contributed by atoms with E-state index >= 15 is 0 Å². The molecule has 5 rings (SSSR count). The maximum absolute atomic E-state index is 13.3. The summed E-state index contributed by atoms with van der Waals surface area (Å²) in [5.41, 5.74) is 7.64. The van der Waals surface area contributed by atoms with E-state index < -0.39 is 0 Å². The molecule has 3 unspecified atom stereocenters. The predicted octanol–water partition coefficient (Wildman–Crippen LogP) is 5.36. The van der Waals surface area contributed by atoms with Crippen molar-refractivity contribution in [1.82, 2.24) is 10.4 Å². The molecular weight excluding hydrogens is 500 g/mol. The fourth-order valence-electron chi connectivity index (χ4n) is 5.53. The Labute approximate surface area is 228 Å². The topological polar surface area (TPSA) is 83.4 Å². The smallest absolute Gasteiger partial charge is 0.246 e. The second-order valence-electron chi connectivity index (χ2n) is 10.2. The number of halogens is 1. The summed E-state index contributed by atoms with van der Waals surface area (Å²) in [6.07, 6.45) is 8.99. The zero-order chi connectivity index (χ0) is 26.6. The first-order valence-corrected chi connectivity index (χ1v) is 13.7. The average Bonchev–Trinajstić information content (AvgIpc) is 2.93.